The van der Waals surface area contributed by atoms with Crippen molar-refractivity contribution in [2.45, 2.75) is 19.9 Å². The number of nitrogens with zero attached hydrogens (tertiary/aromatic N) is 5. The molecule has 10 heteroatoms. The van der Waals surface area contributed by atoms with Gasteiger partial charge in [0.25, 0.3) is 17.5 Å². The van der Waals surface area contributed by atoms with E-state index >= 15 is 0 Å². The van der Waals surface area contributed by atoms with Crippen LogP contribution in [0, 0.1) is 10.1 Å². The minimum Gasteiger partial charge on any atom is -0.401 e. The summed E-state index contributed by atoms with van der Waals surface area (Å²) in [5.74, 6) is -0.322. The van der Waals surface area contributed by atoms with Gasteiger partial charge in [-0.2, -0.15) is 5.10 Å². The van der Waals surface area contributed by atoms with E-state index in [9.17, 15) is 14.9 Å². The summed E-state index contributed by atoms with van der Waals surface area (Å²) in [6.07, 6.45) is 4.46. The molecule has 10 nitrogen and oxygen atoms in total. The van der Waals surface area contributed by atoms with Crippen molar-refractivity contribution >= 4 is 23.7 Å². The molecule has 1 N–H and O–H groups in total. The lowest BCUT2D eigenvalue weighted by Gasteiger charge is -2.02. The molecule has 0 aliphatic carbocycles. The number of carbonyl (C=O) groups is 1. The zero-order valence-corrected chi connectivity index (χ0v) is 14.6. The van der Waals surface area contributed by atoms with E-state index < -0.39 is 10.8 Å². The number of anilines is 1. The minimum atomic E-state index is -0.510. The van der Waals surface area contributed by atoms with Gasteiger partial charge in [-0.15, -0.1) is 5.10 Å². The van der Waals surface area contributed by atoms with Crippen LogP contribution in [-0.4, -0.2) is 30.8 Å². The van der Waals surface area contributed by atoms with Crippen LogP contribution in [0.1, 0.15) is 25.5 Å². The third kappa shape index (κ3) is 4.42. The van der Waals surface area contributed by atoms with Crippen molar-refractivity contribution in [2.24, 2.45) is 0 Å². The largest absolute Gasteiger partial charge is 0.401 e. The number of hydrogen-bond acceptors (Lipinski definition) is 7. The molecule has 3 aromatic rings. The van der Waals surface area contributed by atoms with Gasteiger partial charge < -0.3 is 4.42 Å². The highest BCUT2D eigenvalue weighted by molar-refractivity contribution is 6.00. The summed E-state index contributed by atoms with van der Waals surface area (Å²) < 4.78 is 7.13. The Morgan fingerprint density at radius 3 is 2.85 bits per heavy atom. The third-order valence-electron chi connectivity index (χ3n) is 3.52. The number of carbonyl (C=O) groups excluding carboxylic acids is 1. The quantitative estimate of drug-likeness (QED) is 0.402. The van der Waals surface area contributed by atoms with Gasteiger partial charge in [-0.3, -0.25) is 24.9 Å². The molecule has 0 aliphatic rings. The van der Waals surface area contributed by atoms with E-state index in [4.69, 9.17) is 4.42 Å². The average molecular weight is 368 g/mol. The second-order valence-corrected chi connectivity index (χ2v) is 5.86. The van der Waals surface area contributed by atoms with E-state index in [0.29, 0.717) is 11.3 Å². The van der Waals surface area contributed by atoms with Crippen LogP contribution in [0.25, 0.3) is 17.7 Å². The summed E-state index contributed by atoms with van der Waals surface area (Å²) in [6, 6.07) is 7.78. The Bertz CT molecular complexity index is 1000. The molecule has 3 rings (SSSR count). The molecule has 0 fully saturated rings. The second kappa shape index (κ2) is 7.60. The molecule has 0 unspecified atom stereocenters. The van der Waals surface area contributed by atoms with Crippen molar-refractivity contribution in [1.82, 2.24) is 20.0 Å². The smallest absolute Gasteiger partial charge is 0.322 e. The lowest BCUT2D eigenvalue weighted by Crippen LogP contribution is -2.07. The van der Waals surface area contributed by atoms with Crippen LogP contribution >= 0.6 is 0 Å². The van der Waals surface area contributed by atoms with E-state index in [0.717, 1.165) is 0 Å². The summed E-state index contributed by atoms with van der Waals surface area (Å²) in [6.45, 7) is 3.98. The maximum atomic E-state index is 12.0. The van der Waals surface area contributed by atoms with Gasteiger partial charge in [-0.1, -0.05) is 17.2 Å². The van der Waals surface area contributed by atoms with Crippen LogP contribution in [0.5, 0.6) is 0 Å². The molecule has 2 aromatic heterocycles. The lowest BCUT2D eigenvalue weighted by atomic mass is 10.2. The van der Waals surface area contributed by atoms with Gasteiger partial charge in [0.05, 0.1) is 4.92 Å². The van der Waals surface area contributed by atoms with Crippen LogP contribution in [0.3, 0.4) is 0 Å². The number of benzene rings is 1. The van der Waals surface area contributed by atoms with Crippen LogP contribution < -0.4 is 5.32 Å². The molecule has 2 heterocycles. The van der Waals surface area contributed by atoms with Gasteiger partial charge in [0.15, 0.2) is 0 Å². The van der Waals surface area contributed by atoms with Crippen molar-refractivity contribution in [3.05, 3.63) is 58.3 Å². The molecule has 0 spiro atoms. The molecule has 0 atom stereocenters. The SMILES string of the molecule is CC(C)n1ccc(-c2nnc(NC(=O)/C=C/c3cccc([N+](=O)[O-])c3)o2)n1. The van der Waals surface area contributed by atoms with Crippen molar-refractivity contribution in [1.29, 1.82) is 0 Å². The monoisotopic (exact) mass is 368 g/mol. The van der Waals surface area contributed by atoms with Crippen molar-refractivity contribution < 1.29 is 14.1 Å². The fourth-order valence-electron chi connectivity index (χ4n) is 2.18. The minimum absolute atomic E-state index is 0.0556. The zero-order chi connectivity index (χ0) is 19.4. The Balaban J connectivity index is 1.65. The van der Waals surface area contributed by atoms with Gasteiger partial charge in [0, 0.05) is 30.4 Å². The lowest BCUT2D eigenvalue weighted by molar-refractivity contribution is -0.384. The zero-order valence-electron chi connectivity index (χ0n) is 14.6. The normalized spacial score (nSPS) is 11.2. The van der Waals surface area contributed by atoms with E-state index in [1.807, 2.05) is 13.8 Å². The number of nitro groups is 1. The number of amides is 1. The molecule has 27 heavy (non-hydrogen) atoms. The fourth-order valence-corrected chi connectivity index (χ4v) is 2.18. The molecule has 1 aromatic carbocycles. The summed E-state index contributed by atoms with van der Waals surface area (Å²) in [5.41, 5.74) is 0.966. The summed E-state index contributed by atoms with van der Waals surface area (Å²) >= 11 is 0. The summed E-state index contributed by atoms with van der Waals surface area (Å²) in [7, 11) is 0. The highest BCUT2D eigenvalue weighted by atomic mass is 16.6. The topological polar surface area (TPSA) is 129 Å². The molecular weight excluding hydrogens is 352 g/mol. The summed E-state index contributed by atoms with van der Waals surface area (Å²) in [4.78, 5) is 22.2. The third-order valence-corrected chi connectivity index (χ3v) is 3.52. The maximum Gasteiger partial charge on any atom is 0.322 e. The standard InChI is InChI=1S/C17H16N6O4/c1-11(2)22-9-8-14(21-22)16-19-20-17(27-16)18-15(24)7-6-12-4-3-5-13(10-12)23(25)26/h3-11H,1-2H3,(H,18,20,24)/b7-6+. The molecule has 138 valence electrons. The predicted molar refractivity (Wildman–Crippen MR) is 96.7 cm³/mol. The van der Waals surface area contributed by atoms with Crippen molar-refractivity contribution in [3.8, 4) is 11.6 Å². The van der Waals surface area contributed by atoms with Gasteiger partial charge in [0.1, 0.15) is 5.69 Å². The highest BCUT2D eigenvalue weighted by Crippen LogP contribution is 2.19. The van der Waals surface area contributed by atoms with E-state index in [1.165, 1.54) is 30.4 Å². The van der Waals surface area contributed by atoms with Crippen molar-refractivity contribution in [2.75, 3.05) is 5.32 Å². The molecule has 1 amide bonds. The molecule has 0 aliphatic heterocycles. The summed E-state index contributed by atoms with van der Waals surface area (Å²) in [5, 5.41) is 25.1. The average Bonchev–Trinajstić information content (AvgIpc) is 3.29. The van der Waals surface area contributed by atoms with Crippen LogP contribution in [0.2, 0.25) is 0 Å². The van der Waals surface area contributed by atoms with Crippen LogP contribution in [0.4, 0.5) is 11.7 Å². The van der Waals surface area contributed by atoms with E-state index in [1.54, 1.807) is 23.0 Å². The number of rotatable bonds is 6. The molecular formula is C17H16N6O4. The van der Waals surface area contributed by atoms with Crippen LogP contribution in [-0.2, 0) is 4.79 Å². The van der Waals surface area contributed by atoms with Gasteiger partial charge in [0.2, 0.25) is 0 Å². The van der Waals surface area contributed by atoms with Crippen molar-refractivity contribution in [3.63, 3.8) is 0 Å². The first-order chi connectivity index (χ1) is 12.9. The predicted octanol–water partition coefficient (Wildman–Crippen LogP) is 3.07. The number of non-ortho nitro benzene ring substituents is 1. The van der Waals surface area contributed by atoms with Gasteiger partial charge in [-0.05, 0) is 31.6 Å². The maximum absolute atomic E-state index is 12.0. The molecule has 0 radical (unpaired) electrons. The fraction of sp³-hybridized carbons (Fsp3) is 0.176. The highest BCUT2D eigenvalue weighted by Gasteiger charge is 2.13. The van der Waals surface area contributed by atoms with Crippen LogP contribution in [0.15, 0.2) is 47.0 Å². The Morgan fingerprint density at radius 1 is 1.33 bits per heavy atom. The first kappa shape index (κ1) is 18.0. The Kier molecular flexibility index (Phi) is 5.06. The second-order valence-electron chi connectivity index (χ2n) is 5.86. The number of nitro benzene ring substituents is 1. The first-order valence-electron chi connectivity index (χ1n) is 8.05. The Hall–Kier alpha value is -3.82. The van der Waals surface area contributed by atoms with Gasteiger partial charge >= 0.3 is 6.01 Å². The first-order valence-corrected chi connectivity index (χ1v) is 8.05. The van der Waals surface area contributed by atoms with E-state index in [-0.39, 0.29) is 23.6 Å². The Labute approximate surface area is 153 Å². The van der Waals surface area contributed by atoms with E-state index in [2.05, 4.69) is 20.6 Å². The molecule has 0 saturated carbocycles. The molecule has 0 saturated heterocycles. The number of hydrogen-bond donors (Lipinski definition) is 1. The number of nitrogens with one attached hydrogen (secondary N) is 1. The van der Waals surface area contributed by atoms with Gasteiger partial charge in [-0.25, -0.2) is 0 Å². The Morgan fingerprint density at radius 2 is 2.15 bits per heavy atom. The number of aromatic nitrogens is 4. The molecule has 0 bridgehead atoms.